The first kappa shape index (κ1) is 31.1. The molecule has 9 aliphatic rings. The average molecular weight is 677 g/mol. The largest absolute Gasteiger partial charge is 0.468 e. The van der Waals surface area contributed by atoms with E-state index in [1.54, 1.807) is 0 Å². The fourth-order valence-corrected chi connectivity index (χ4v) is 13.6. The van der Waals surface area contributed by atoms with E-state index in [2.05, 4.69) is 0 Å². The maximum absolute atomic E-state index is 13.6. The van der Waals surface area contributed by atoms with Crippen molar-refractivity contribution in [2.24, 2.45) is 88.3 Å². The molecule has 49 heavy (non-hydrogen) atoms. The molecule has 6 saturated carbocycles. The highest BCUT2D eigenvalue weighted by atomic mass is 16.6. The van der Waals surface area contributed by atoms with Crippen LogP contribution in [-0.4, -0.2) is 78.5 Å². The predicted molar refractivity (Wildman–Crippen MR) is 163 cm³/mol. The fraction of sp³-hybridized carbons (Fsp3) is 0.676. The van der Waals surface area contributed by atoms with Crippen LogP contribution in [0.1, 0.15) is 25.7 Å². The summed E-state index contributed by atoms with van der Waals surface area (Å²) in [6.07, 6.45) is 2.24. The Morgan fingerprint density at radius 1 is 0.429 bits per heavy atom. The molecule has 12 heteroatoms. The van der Waals surface area contributed by atoms with Crippen LogP contribution in [0.15, 0.2) is 33.4 Å². The maximum Gasteiger partial charge on any atom is 0.334 e. The Kier molecular flexibility index (Phi) is 6.38. The van der Waals surface area contributed by atoms with Crippen LogP contribution in [-0.2, 0) is 57.2 Å². The monoisotopic (exact) mass is 676 g/mol. The van der Waals surface area contributed by atoms with E-state index >= 15 is 0 Å². The molecule has 0 saturated heterocycles. The van der Waals surface area contributed by atoms with E-state index in [1.807, 2.05) is 0 Å². The Balaban J connectivity index is 1.07. The molecule has 0 N–H and O–H groups in total. The van der Waals surface area contributed by atoms with Crippen molar-refractivity contribution in [3.05, 3.63) is 33.4 Å². The molecule has 14 atom stereocenters. The lowest BCUT2D eigenvalue weighted by Crippen LogP contribution is -2.43. The lowest BCUT2D eigenvalue weighted by Gasteiger charge is -2.41. The van der Waals surface area contributed by atoms with E-state index < -0.39 is 41.2 Å². The van der Waals surface area contributed by atoms with Gasteiger partial charge in [-0.15, -0.1) is 0 Å². The lowest BCUT2D eigenvalue weighted by molar-refractivity contribution is -0.168. The minimum atomic E-state index is -1.49. The van der Waals surface area contributed by atoms with E-state index in [0.717, 1.165) is 24.0 Å². The van der Waals surface area contributed by atoms with Crippen molar-refractivity contribution in [2.75, 3.05) is 42.7 Å². The van der Waals surface area contributed by atoms with E-state index in [0.29, 0.717) is 22.3 Å². The molecule has 0 amide bonds. The van der Waals surface area contributed by atoms with Gasteiger partial charge in [0.15, 0.2) is 5.41 Å². The minimum Gasteiger partial charge on any atom is -0.468 e. The predicted octanol–water partition coefficient (Wildman–Crippen LogP) is 2.21. The number of carbonyl (C=O) groups excluding carboxylic acids is 6. The van der Waals surface area contributed by atoms with Gasteiger partial charge in [-0.1, -0.05) is 11.1 Å². The molecular weight excluding hydrogens is 636 g/mol. The van der Waals surface area contributed by atoms with Gasteiger partial charge >= 0.3 is 35.8 Å². The molecule has 0 heterocycles. The zero-order valence-electron chi connectivity index (χ0n) is 28.3. The maximum atomic E-state index is 13.6. The second-order valence-electron chi connectivity index (χ2n) is 15.7. The molecule has 4 bridgehead atoms. The van der Waals surface area contributed by atoms with E-state index in [-0.39, 0.29) is 95.7 Å². The molecule has 6 fully saturated rings. The van der Waals surface area contributed by atoms with Crippen LogP contribution in [0.25, 0.3) is 0 Å². The minimum absolute atomic E-state index is 0.0689. The second-order valence-corrected chi connectivity index (χ2v) is 15.7. The van der Waals surface area contributed by atoms with Crippen LogP contribution >= 0.6 is 0 Å². The topological polar surface area (TPSA) is 158 Å². The van der Waals surface area contributed by atoms with Crippen LogP contribution in [0.4, 0.5) is 0 Å². The fourth-order valence-electron chi connectivity index (χ4n) is 13.6. The zero-order chi connectivity index (χ0) is 34.6. The van der Waals surface area contributed by atoms with Crippen molar-refractivity contribution in [3.63, 3.8) is 0 Å². The van der Waals surface area contributed by atoms with E-state index in [1.165, 1.54) is 42.7 Å². The Morgan fingerprint density at radius 2 is 0.694 bits per heavy atom. The number of carbonyl (C=O) groups is 6. The summed E-state index contributed by atoms with van der Waals surface area (Å²) < 4.78 is 31.0. The van der Waals surface area contributed by atoms with Gasteiger partial charge in [-0.25, -0.2) is 19.2 Å². The van der Waals surface area contributed by atoms with Crippen LogP contribution in [0.3, 0.4) is 0 Å². The van der Waals surface area contributed by atoms with Crippen molar-refractivity contribution in [1.29, 1.82) is 0 Å². The average Bonchev–Trinajstić information content (AvgIpc) is 3.72. The smallest absolute Gasteiger partial charge is 0.334 e. The molecule has 0 aromatic carbocycles. The van der Waals surface area contributed by atoms with Gasteiger partial charge in [-0.05, 0) is 84.9 Å². The SMILES string of the molecule is COC(=O)C1=C(C(=O)OC)[C@H]2[C@H]3C[C@@H]([C@@H]12)[C@@H]1C(C2=C(C4[C@@H]5[C@@H]6C[C@@H]([C@H]7C(C(=O)OC)=C(C(=O)OC)[C@@H]67)[C@H]45)CC(C(=O)OC)(C(=O)OC)C2)[C@H]31. The summed E-state index contributed by atoms with van der Waals surface area (Å²) in [4.78, 5) is 78.7. The first-order valence-electron chi connectivity index (χ1n) is 17.3. The molecule has 0 aliphatic heterocycles. The van der Waals surface area contributed by atoms with Gasteiger partial charge in [-0.2, -0.15) is 0 Å². The Morgan fingerprint density at radius 3 is 0.918 bits per heavy atom. The molecule has 260 valence electrons. The summed E-state index contributed by atoms with van der Waals surface area (Å²) in [6, 6.07) is 0. The highest BCUT2D eigenvalue weighted by molar-refractivity contribution is 6.06. The van der Waals surface area contributed by atoms with Gasteiger partial charge < -0.3 is 28.4 Å². The standard InChI is InChI=1S/C37H40O12/c1-44-31(38)27-21-11-7-12(22(21)28(27)32(39)45-2)18-17(11)25(18)15-9-37(35(42)48-5,36(43)49-6)10-16(15)26-19-13-8-14(20(19)26)24-23(13)29(33(40)46-3)30(24)34(41)47-4/h11-14,17-26H,7-10H2,1-6H3/t11-,12+,13-,14+,17+,18-,19+,20-,21-,22+,23-,24+,25?,26?. The number of allylic oxidation sites excluding steroid dienone is 2. The number of esters is 6. The first-order valence-corrected chi connectivity index (χ1v) is 17.3. The number of fused-ring (bicyclic) bond motifs is 16. The van der Waals surface area contributed by atoms with Gasteiger partial charge in [-0.3, -0.25) is 9.59 Å². The summed E-state index contributed by atoms with van der Waals surface area (Å²) in [7, 11) is 7.89. The summed E-state index contributed by atoms with van der Waals surface area (Å²) >= 11 is 0. The number of rotatable bonds is 8. The Bertz CT molecular complexity index is 1550. The van der Waals surface area contributed by atoms with Crippen molar-refractivity contribution in [2.45, 2.75) is 25.7 Å². The highest BCUT2D eigenvalue weighted by Crippen LogP contribution is 2.83. The lowest BCUT2D eigenvalue weighted by atomic mass is 9.61. The van der Waals surface area contributed by atoms with Gasteiger partial charge in [0.2, 0.25) is 0 Å². The van der Waals surface area contributed by atoms with Crippen LogP contribution in [0, 0.1) is 88.3 Å². The summed E-state index contributed by atoms with van der Waals surface area (Å²) in [6.45, 7) is 0. The molecule has 0 aromatic rings. The molecule has 0 aromatic heterocycles. The zero-order valence-corrected chi connectivity index (χ0v) is 28.3. The van der Waals surface area contributed by atoms with Crippen molar-refractivity contribution < 1.29 is 57.2 Å². The number of methoxy groups -OCH3 is 6. The van der Waals surface area contributed by atoms with Gasteiger partial charge in [0.25, 0.3) is 0 Å². The molecular formula is C37H40O12. The molecule has 9 aliphatic carbocycles. The Labute approximate surface area is 282 Å². The molecule has 0 spiro atoms. The van der Waals surface area contributed by atoms with Crippen LogP contribution in [0.5, 0.6) is 0 Å². The summed E-state index contributed by atoms with van der Waals surface area (Å²) in [5.41, 5.74) is 2.52. The van der Waals surface area contributed by atoms with Gasteiger partial charge in [0.1, 0.15) is 0 Å². The third kappa shape index (κ3) is 3.46. The van der Waals surface area contributed by atoms with Crippen molar-refractivity contribution in [3.8, 4) is 0 Å². The van der Waals surface area contributed by atoms with Gasteiger partial charge in [0, 0.05) is 23.7 Å². The van der Waals surface area contributed by atoms with Crippen molar-refractivity contribution >= 4 is 35.8 Å². The third-order valence-corrected chi connectivity index (χ3v) is 14.8. The van der Waals surface area contributed by atoms with Crippen LogP contribution < -0.4 is 0 Å². The molecule has 9 rings (SSSR count). The summed E-state index contributed by atoms with van der Waals surface area (Å²) in [5, 5.41) is 0. The summed E-state index contributed by atoms with van der Waals surface area (Å²) in [5.74, 6) is -1.38. The number of ether oxygens (including phenoxy) is 6. The number of hydrogen-bond donors (Lipinski definition) is 0. The highest BCUT2D eigenvalue weighted by Gasteiger charge is 2.80. The quantitative estimate of drug-likeness (QED) is 0.160. The van der Waals surface area contributed by atoms with E-state index in [9.17, 15) is 28.8 Å². The molecule has 2 unspecified atom stereocenters. The van der Waals surface area contributed by atoms with Gasteiger partial charge in [0.05, 0.1) is 65.0 Å². The Hall–Kier alpha value is -3.96. The van der Waals surface area contributed by atoms with E-state index in [4.69, 9.17) is 28.4 Å². The second kappa shape index (κ2) is 10.1. The normalized spacial score (nSPS) is 43.0. The molecule has 12 nitrogen and oxygen atoms in total. The molecule has 0 radical (unpaired) electrons. The van der Waals surface area contributed by atoms with Crippen molar-refractivity contribution in [1.82, 2.24) is 0 Å². The first-order chi connectivity index (χ1) is 23.6. The third-order valence-electron chi connectivity index (χ3n) is 14.8. The number of hydrogen-bond acceptors (Lipinski definition) is 12. The van der Waals surface area contributed by atoms with Crippen LogP contribution in [0.2, 0.25) is 0 Å².